The monoisotopic (exact) mass is 251 g/mol. The van der Waals surface area contributed by atoms with Gasteiger partial charge < -0.3 is 15.7 Å². The molecule has 2 amide bonds. The molecule has 0 bridgehead atoms. The summed E-state index contributed by atoms with van der Waals surface area (Å²) in [4.78, 5) is 15.5. The van der Waals surface area contributed by atoms with E-state index in [1.807, 2.05) is 13.8 Å². The number of anilines is 1. The molecule has 5 nitrogen and oxygen atoms in total. The first-order valence-corrected chi connectivity index (χ1v) is 6.13. The van der Waals surface area contributed by atoms with Gasteiger partial charge in [-0.1, -0.05) is 20.3 Å². The lowest BCUT2D eigenvalue weighted by molar-refractivity contribution is 0.00827. The maximum atomic E-state index is 11.6. The molecule has 3 N–H and O–H groups in total. The Hall–Kier alpha value is -1.62. The summed E-state index contributed by atoms with van der Waals surface area (Å²) in [6.45, 7) is 5.91. The van der Waals surface area contributed by atoms with Gasteiger partial charge in [-0.2, -0.15) is 0 Å². The van der Waals surface area contributed by atoms with Crippen molar-refractivity contribution in [3.63, 3.8) is 0 Å². The highest BCUT2D eigenvalue weighted by Crippen LogP contribution is 2.18. The Labute approximate surface area is 108 Å². The van der Waals surface area contributed by atoms with E-state index in [0.717, 1.165) is 6.42 Å². The average molecular weight is 251 g/mol. The van der Waals surface area contributed by atoms with Crippen LogP contribution < -0.4 is 10.6 Å². The Morgan fingerprint density at radius 3 is 2.89 bits per heavy atom. The van der Waals surface area contributed by atoms with Gasteiger partial charge in [-0.3, -0.25) is 4.98 Å². The van der Waals surface area contributed by atoms with Gasteiger partial charge in [-0.15, -0.1) is 0 Å². The van der Waals surface area contributed by atoms with Crippen LogP contribution in [0.3, 0.4) is 0 Å². The first-order valence-electron chi connectivity index (χ1n) is 6.13. The Kier molecular flexibility index (Phi) is 5.09. The third-order valence-corrected chi connectivity index (χ3v) is 3.20. The van der Waals surface area contributed by atoms with Gasteiger partial charge in [-0.05, 0) is 25.0 Å². The highest BCUT2D eigenvalue weighted by atomic mass is 16.3. The van der Waals surface area contributed by atoms with Crippen LogP contribution in [0.15, 0.2) is 24.5 Å². The normalized spacial score (nSPS) is 15.6. The summed E-state index contributed by atoms with van der Waals surface area (Å²) >= 11 is 0. The van der Waals surface area contributed by atoms with Crippen molar-refractivity contribution in [1.82, 2.24) is 10.3 Å². The van der Waals surface area contributed by atoms with Crippen molar-refractivity contribution in [2.75, 3.05) is 11.9 Å². The first-order chi connectivity index (χ1) is 8.45. The molecule has 100 valence electrons. The molecular weight excluding hydrogens is 230 g/mol. The van der Waals surface area contributed by atoms with E-state index >= 15 is 0 Å². The lowest BCUT2D eigenvalue weighted by Gasteiger charge is -2.29. The SMILES string of the molecule is CCC(C)C(C)(O)CNC(=O)Nc1cccnc1. The van der Waals surface area contributed by atoms with Gasteiger partial charge in [0.25, 0.3) is 0 Å². The van der Waals surface area contributed by atoms with Crippen molar-refractivity contribution in [2.45, 2.75) is 32.8 Å². The summed E-state index contributed by atoms with van der Waals surface area (Å²) in [6, 6.07) is 3.15. The number of amides is 2. The zero-order valence-corrected chi connectivity index (χ0v) is 11.1. The van der Waals surface area contributed by atoms with E-state index in [2.05, 4.69) is 15.6 Å². The second kappa shape index (κ2) is 6.35. The fourth-order valence-electron chi connectivity index (χ4n) is 1.49. The van der Waals surface area contributed by atoms with Crippen LogP contribution in [0.1, 0.15) is 27.2 Å². The molecule has 18 heavy (non-hydrogen) atoms. The lowest BCUT2D eigenvalue weighted by atomic mass is 9.89. The Bertz CT molecular complexity index is 379. The van der Waals surface area contributed by atoms with Gasteiger partial charge in [0.15, 0.2) is 0 Å². The van der Waals surface area contributed by atoms with Gasteiger partial charge >= 0.3 is 6.03 Å². The number of carbonyl (C=O) groups excluding carboxylic acids is 1. The standard InChI is InChI=1S/C13H21N3O2/c1-4-10(2)13(3,18)9-15-12(17)16-11-6-5-7-14-8-11/h5-8,10,18H,4,9H2,1-3H3,(H2,15,16,17). The highest BCUT2D eigenvalue weighted by Gasteiger charge is 2.27. The molecule has 2 atom stereocenters. The molecule has 0 aliphatic carbocycles. The van der Waals surface area contributed by atoms with Crippen LogP contribution in [0.2, 0.25) is 0 Å². The second-order valence-corrected chi connectivity index (χ2v) is 4.72. The smallest absolute Gasteiger partial charge is 0.319 e. The minimum absolute atomic E-state index is 0.121. The number of nitrogens with one attached hydrogen (secondary N) is 2. The first kappa shape index (κ1) is 14.4. The zero-order valence-electron chi connectivity index (χ0n) is 11.1. The minimum Gasteiger partial charge on any atom is -0.388 e. The number of rotatable bonds is 5. The summed E-state index contributed by atoms with van der Waals surface area (Å²) in [5.74, 6) is 0.121. The molecule has 0 aliphatic rings. The van der Waals surface area contributed by atoms with E-state index in [4.69, 9.17) is 0 Å². The molecule has 1 aromatic heterocycles. The van der Waals surface area contributed by atoms with E-state index in [0.29, 0.717) is 5.69 Å². The molecule has 0 saturated heterocycles. The van der Waals surface area contributed by atoms with Crippen LogP contribution in [0, 0.1) is 5.92 Å². The summed E-state index contributed by atoms with van der Waals surface area (Å²) in [5, 5.41) is 15.4. The Balaban J connectivity index is 2.42. The van der Waals surface area contributed by atoms with E-state index in [1.165, 1.54) is 0 Å². The van der Waals surface area contributed by atoms with Gasteiger partial charge in [0.1, 0.15) is 0 Å². The van der Waals surface area contributed by atoms with Gasteiger partial charge in [-0.25, -0.2) is 4.79 Å². The van der Waals surface area contributed by atoms with E-state index in [1.54, 1.807) is 31.5 Å². The molecule has 0 aromatic carbocycles. The van der Waals surface area contributed by atoms with Crippen LogP contribution in [0.5, 0.6) is 0 Å². The fraction of sp³-hybridized carbons (Fsp3) is 0.538. The van der Waals surface area contributed by atoms with Crippen molar-refractivity contribution in [1.29, 1.82) is 0 Å². The molecule has 1 rings (SSSR count). The van der Waals surface area contributed by atoms with Crippen molar-refractivity contribution < 1.29 is 9.90 Å². The summed E-state index contributed by atoms with van der Waals surface area (Å²) in [5.41, 5.74) is -0.278. The number of hydrogen-bond acceptors (Lipinski definition) is 3. The predicted octanol–water partition coefficient (Wildman–Crippen LogP) is 2.00. The van der Waals surface area contributed by atoms with E-state index < -0.39 is 5.60 Å². The van der Waals surface area contributed by atoms with Crippen molar-refractivity contribution >= 4 is 11.7 Å². The molecule has 1 aromatic rings. The topological polar surface area (TPSA) is 74.2 Å². The largest absolute Gasteiger partial charge is 0.388 e. The Morgan fingerprint density at radius 2 is 2.33 bits per heavy atom. The summed E-state index contributed by atoms with van der Waals surface area (Å²) in [7, 11) is 0. The van der Waals surface area contributed by atoms with Gasteiger partial charge in [0.05, 0.1) is 17.5 Å². The minimum atomic E-state index is -0.902. The van der Waals surface area contributed by atoms with Crippen LogP contribution in [0.4, 0.5) is 10.5 Å². The molecule has 0 aliphatic heterocycles. The maximum absolute atomic E-state index is 11.6. The van der Waals surface area contributed by atoms with Crippen LogP contribution >= 0.6 is 0 Å². The van der Waals surface area contributed by atoms with Crippen molar-refractivity contribution in [3.05, 3.63) is 24.5 Å². The number of nitrogens with zero attached hydrogens (tertiary/aromatic N) is 1. The number of aromatic nitrogens is 1. The molecule has 0 radical (unpaired) electrons. The zero-order chi connectivity index (χ0) is 13.6. The number of aliphatic hydroxyl groups is 1. The number of hydrogen-bond donors (Lipinski definition) is 3. The summed E-state index contributed by atoms with van der Waals surface area (Å²) < 4.78 is 0. The molecule has 5 heteroatoms. The molecule has 1 heterocycles. The molecular formula is C13H21N3O2. The summed E-state index contributed by atoms with van der Waals surface area (Å²) in [6.07, 6.45) is 4.06. The van der Waals surface area contributed by atoms with Crippen LogP contribution in [0.25, 0.3) is 0 Å². The quantitative estimate of drug-likeness (QED) is 0.749. The average Bonchev–Trinajstić information content (AvgIpc) is 2.36. The van der Waals surface area contributed by atoms with Crippen molar-refractivity contribution in [2.24, 2.45) is 5.92 Å². The van der Waals surface area contributed by atoms with Crippen LogP contribution in [-0.2, 0) is 0 Å². The van der Waals surface area contributed by atoms with E-state index in [9.17, 15) is 9.90 Å². The highest BCUT2D eigenvalue weighted by molar-refractivity contribution is 5.88. The molecule has 0 saturated carbocycles. The maximum Gasteiger partial charge on any atom is 0.319 e. The molecule has 0 fully saturated rings. The lowest BCUT2D eigenvalue weighted by Crippen LogP contribution is -2.46. The molecule has 0 spiro atoms. The third-order valence-electron chi connectivity index (χ3n) is 3.20. The number of carbonyl (C=O) groups is 1. The van der Waals surface area contributed by atoms with Crippen LogP contribution in [-0.4, -0.2) is 28.3 Å². The predicted molar refractivity (Wildman–Crippen MR) is 71.3 cm³/mol. The van der Waals surface area contributed by atoms with E-state index in [-0.39, 0.29) is 18.5 Å². The van der Waals surface area contributed by atoms with Crippen molar-refractivity contribution in [3.8, 4) is 0 Å². The van der Waals surface area contributed by atoms with Gasteiger partial charge in [0, 0.05) is 12.7 Å². The fourth-order valence-corrected chi connectivity index (χ4v) is 1.49. The second-order valence-electron chi connectivity index (χ2n) is 4.72. The Morgan fingerprint density at radius 1 is 1.61 bits per heavy atom. The third kappa shape index (κ3) is 4.33. The van der Waals surface area contributed by atoms with Gasteiger partial charge in [0.2, 0.25) is 0 Å². The molecule has 2 unspecified atom stereocenters. The number of pyridine rings is 1. The number of urea groups is 1.